The summed E-state index contributed by atoms with van der Waals surface area (Å²) in [5, 5.41) is 6.78. The van der Waals surface area contributed by atoms with E-state index in [2.05, 4.69) is 84.9 Å². The molecule has 0 saturated heterocycles. The second kappa shape index (κ2) is 6.57. The zero-order valence-corrected chi connectivity index (χ0v) is 16.6. The molecule has 142 valence electrons. The van der Waals surface area contributed by atoms with Gasteiger partial charge in [-0.15, -0.1) is 0 Å². The van der Waals surface area contributed by atoms with Gasteiger partial charge in [-0.05, 0) is 52.7 Å². The van der Waals surface area contributed by atoms with Crippen LogP contribution in [-0.2, 0) is 0 Å². The van der Waals surface area contributed by atoms with Crippen molar-refractivity contribution in [3.8, 4) is 16.9 Å². The third kappa shape index (κ3) is 2.47. The van der Waals surface area contributed by atoms with Crippen molar-refractivity contribution in [2.24, 2.45) is 0 Å². The number of fused-ring (bicyclic) bond motifs is 6. The van der Waals surface area contributed by atoms with Gasteiger partial charge >= 0.3 is 11.2 Å². The molecule has 0 unspecified atom stereocenters. The first kappa shape index (κ1) is 17.0. The van der Waals surface area contributed by atoms with Gasteiger partial charge in [0, 0.05) is 5.56 Å². The summed E-state index contributed by atoms with van der Waals surface area (Å²) in [6.07, 6.45) is 0. The maximum Gasteiger partial charge on any atom is 0.369 e. The molecule has 0 atom stereocenters. The van der Waals surface area contributed by atoms with Crippen LogP contribution >= 0.6 is 0 Å². The molecule has 0 radical (unpaired) electrons. The predicted octanol–water partition coefficient (Wildman–Crippen LogP) is 7.85. The van der Waals surface area contributed by atoms with Crippen LogP contribution in [0, 0.1) is 0 Å². The molecule has 0 aliphatic carbocycles. The zero-order valence-electron chi connectivity index (χ0n) is 16.6. The largest absolute Gasteiger partial charge is 0.497 e. The first-order valence-corrected chi connectivity index (χ1v) is 10.1. The third-order valence-corrected chi connectivity index (χ3v) is 5.86. The first-order chi connectivity index (χ1) is 14.8. The highest BCUT2D eigenvalue weighted by atomic mass is 16.5. The van der Waals surface area contributed by atoms with E-state index in [-0.39, 0.29) is 0 Å². The number of methoxy groups -OCH3 is 1. The van der Waals surface area contributed by atoms with Gasteiger partial charge in [0.2, 0.25) is 0 Å². The fourth-order valence-electron chi connectivity index (χ4n) is 4.44. The molecule has 2 nitrogen and oxygen atoms in total. The van der Waals surface area contributed by atoms with Crippen LogP contribution in [0.25, 0.3) is 54.6 Å². The monoisotopic (exact) mass is 387 g/mol. The maximum atomic E-state index is 6.66. The summed E-state index contributed by atoms with van der Waals surface area (Å²) in [5.41, 5.74) is 4.11. The number of hydrogen-bond donors (Lipinski definition) is 0. The molecule has 0 saturated carbocycles. The Morgan fingerprint density at radius 2 is 1.17 bits per heavy atom. The van der Waals surface area contributed by atoms with E-state index >= 15 is 0 Å². The summed E-state index contributed by atoms with van der Waals surface area (Å²) in [6, 6.07) is 33.7. The molecule has 0 amide bonds. The molecule has 30 heavy (non-hydrogen) atoms. The van der Waals surface area contributed by atoms with Gasteiger partial charge < -0.3 is 4.74 Å². The highest BCUT2D eigenvalue weighted by Gasteiger charge is 2.24. The number of hydrogen-bond acceptors (Lipinski definition) is 1. The smallest absolute Gasteiger partial charge is 0.369 e. The number of benzene rings is 5. The van der Waals surface area contributed by atoms with E-state index in [0.29, 0.717) is 0 Å². The van der Waals surface area contributed by atoms with E-state index in [1.54, 1.807) is 7.11 Å². The quantitative estimate of drug-likeness (QED) is 0.171. The highest BCUT2D eigenvalue weighted by Crippen LogP contribution is 2.42. The van der Waals surface area contributed by atoms with Crippen molar-refractivity contribution in [3.63, 3.8) is 0 Å². The molecule has 0 N–H and O–H groups in total. The Morgan fingerprint density at radius 3 is 1.77 bits per heavy atom. The molecule has 0 bridgehead atoms. The van der Waals surface area contributed by atoms with Crippen molar-refractivity contribution in [2.45, 2.75) is 0 Å². The van der Waals surface area contributed by atoms with E-state index in [4.69, 9.17) is 9.15 Å². The van der Waals surface area contributed by atoms with Crippen LogP contribution in [0.15, 0.2) is 101 Å². The molecule has 6 rings (SSSR count). The van der Waals surface area contributed by atoms with Gasteiger partial charge in [-0.25, -0.2) is 4.42 Å². The maximum absolute atomic E-state index is 6.66. The van der Waals surface area contributed by atoms with Crippen molar-refractivity contribution in [2.75, 3.05) is 7.11 Å². The van der Waals surface area contributed by atoms with Crippen LogP contribution in [0.1, 0.15) is 0 Å². The summed E-state index contributed by atoms with van der Waals surface area (Å²) >= 11 is 0. The van der Waals surface area contributed by atoms with Crippen molar-refractivity contribution in [1.29, 1.82) is 0 Å². The Kier molecular flexibility index (Phi) is 3.72. The minimum Gasteiger partial charge on any atom is -0.497 e. The summed E-state index contributed by atoms with van der Waals surface area (Å²) in [4.78, 5) is 0. The number of ether oxygens (including phenoxy) is 1. The van der Waals surface area contributed by atoms with Crippen LogP contribution in [0.2, 0.25) is 0 Å². The molecule has 0 aliphatic rings. The summed E-state index contributed by atoms with van der Waals surface area (Å²) < 4.78 is 12.2. The Balaban J connectivity index is 1.88. The second-order valence-corrected chi connectivity index (χ2v) is 7.54. The van der Waals surface area contributed by atoms with E-state index in [1.165, 1.54) is 16.3 Å². The Hall–Kier alpha value is -3.91. The molecule has 1 heterocycles. The fourth-order valence-corrected chi connectivity index (χ4v) is 4.44. The minimum absolute atomic E-state index is 0.844. The van der Waals surface area contributed by atoms with Gasteiger partial charge in [0.15, 0.2) is 0 Å². The average molecular weight is 387 g/mol. The fraction of sp³-hybridized carbons (Fsp3) is 0.0357. The lowest BCUT2D eigenvalue weighted by atomic mass is 9.93. The third-order valence-electron chi connectivity index (χ3n) is 5.86. The topological polar surface area (TPSA) is 20.5 Å². The van der Waals surface area contributed by atoms with E-state index < -0.39 is 0 Å². The molecular weight excluding hydrogens is 368 g/mol. The van der Waals surface area contributed by atoms with Crippen LogP contribution in [0.4, 0.5) is 0 Å². The lowest BCUT2D eigenvalue weighted by molar-refractivity contribution is 0.415. The summed E-state index contributed by atoms with van der Waals surface area (Å²) in [7, 11) is 1.71. The SMILES string of the molecule is COc1cccc(-c2c3ccc4ccccc4c3[o+]c3c2ccc2ccccc23)c1. The van der Waals surface area contributed by atoms with Crippen LogP contribution in [0.5, 0.6) is 5.75 Å². The Morgan fingerprint density at radius 1 is 0.567 bits per heavy atom. The van der Waals surface area contributed by atoms with Crippen molar-refractivity contribution >= 4 is 43.5 Å². The normalized spacial score (nSPS) is 11.5. The Labute approximate surface area is 173 Å². The average Bonchev–Trinajstić information content (AvgIpc) is 2.82. The molecule has 0 fully saturated rings. The van der Waals surface area contributed by atoms with Gasteiger partial charge in [-0.3, -0.25) is 0 Å². The van der Waals surface area contributed by atoms with E-state index in [0.717, 1.165) is 44.0 Å². The van der Waals surface area contributed by atoms with E-state index in [9.17, 15) is 0 Å². The van der Waals surface area contributed by atoms with Gasteiger partial charge in [0.1, 0.15) is 5.75 Å². The Bertz CT molecular complexity index is 1490. The molecule has 0 aliphatic heterocycles. The standard InChI is InChI=1S/C28H19O2/c1-29-21-10-6-9-20(17-21)26-24-15-13-18-7-2-4-11-22(18)27(24)30-28-23-12-5-3-8-19(23)14-16-25(26)28/h2-17H,1H3/q+1. The lowest BCUT2D eigenvalue weighted by Gasteiger charge is -2.09. The summed E-state index contributed by atoms with van der Waals surface area (Å²) in [6.45, 7) is 0. The molecule has 1 aromatic heterocycles. The molecule has 0 spiro atoms. The molecule has 2 heteroatoms. The first-order valence-electron chi connectivity index (χ1n) is 10.1. The predicted molar refractivity (Wildman–Crippen MR) is 125 cm³/mol. The van der Waals surface area contributed by atoms with Crippen molar-refractivity contribution in [3.05, 3.63) is 97.1 Å². The van der Waals surface area contributed by atoms with Crippen molar-refractivity contribution < 1.29 is 9.15 Å². The van der Waals surface area contributed by atoms with Gasteiger partial charge in [0.05, 0.1) is 28.7 Å². The van der Waals surface area contributed by atoms with Gasteiger partial charge in [0.25, 0.3) is 0 Å². The van der Waals surface area contributed by atoms with Crippen molar-refractivity contribution in [1.82, 2.24) is 0 Å². The summed E-state index contributed by atoms with van der Waals surface area (Å²) in [5.74, 6) is 0.844. The van der Waals surface area contributed by atoms with Crippen LogP contribution < -0.4 is 4.74 Å². The molecular formula is C28H19O2+. The highest BCUT2D eigenvalue weighted by molar-refractivity contribution is 6.19. The molecule has 6 aromatic rings. The number of rotatable bonds is 2. The minimum atomic E-state index is 0.844. The molecule has 5 aromatic carbocycles. The van der Waals surface area contributed by atoms with Gasteiger partial charge in [-0.1, -0.05) is 60.7 Å². The van der Waals surface area contributed by atoms with Crippen LogP contribution in [0.3, 0.4) is 0 Å². The second-order valence-electron chi connectivity index (χ2n) is 7.54. The van der Waals surface area contributed by atoms with Crippen LogP contribution in [-0.4, -0.2) is 7.11 Å². The zero-order chi connectivity index (χ0) is 20.1. The lowest BCUT2D eigenvalue weighted by Crippen LogP contribution is -1.89. The van der Waals surface area contributed by atoms with E-state index in [1.807, 2.05) is 12.1 Å². The van der Waals surface area contributed by atoms with Gasteiger partial charge in [-0.2, -0.15) is 0 Å².